The number of amides is 2. The highest BCUT2D eigenvalue weighted by molar-refractivity contribution is 5.91. The van der Waals surface area contributed by atoms with Crippen molar-refractivity contribution in [3.8, 4) is 12.5 Å². The molecule has 0 aliphatic rings. The lowest BCUT2D eigenvalue weighted by Gasteiger charge is -2.33. The quantitative estimate of drug-likeness (QED) is 0.440. The third kappa shape index (κ3) is 5.84. The van der Waals surface area contributed by atoms with Gasteiger partial charge in [0.1, 0.15) is 11.2 Å². The number of anilines is 1. The minimum atomic E-state index is -0.847. The van der Waals surface area contributed by atoms with Crippen molar-refractivity contribution in [2.24, 2.45) is 0 Å². The van der Waals surface area contributed by atoms with Crippen LogP contribution in [0.2, 0.25) is 0 Å². The van der Waals surface area contributed by atoms with Crippen molar-refractivity contribution in [2.45, 2.75) is 52.7 Å². The van der Waals surface area contributed by atoms with E-state index in [2.05, 4.69) is 6.04 Å². The smallest absolute Gasteiger partial charge is 0.442 e. The zero-order valence-electron chi connectivity index (χ0n) is 15.0. The van der Waals surface area contributed by atoms with Crippen LogP contribution in [0.3, 0.4) is 0 Å². The highest BCUT2D eigenvalue weighted by atomic mass is 16.6. The molecule has 0 aliphatic heterocycles. The Morgan fingerprint density at radius 1 is 0.917 bits per heavy atom. The maximum atomic E-state index is 12.6. The number of rotatable bonds is 1. The maximum absolute atomic E-state index is 12.6. The van der Waals surface area contributed by atoms with Crippen LogP contribution in [0.25, 0.3) is 0 Å². The normalized spacial score (nSPS) is 11.2. The summed E-state index contributed by atoms with van der Waals surface area (Å²) in [7, 11) is 0. The van der Waals surface area contributed by atoms with Gasteiger partial charge >= 0.3 is 12.2 Å². The molecule has 0 heterocycles. The second-order valence-corrected chi connectivity index (χ2v) is 7.05. The first-order chi connectivity index (χ1) is 10.9. The first-order valence-electron chi connectivity index (χ1n) is 7.52. The van der Waals surface area contributed by atoms with Gasteiger partial charge in [-0.15, -0.1) is 5.01 Å². The molecule has 0 radical (unpaired) electrons. The van der Waals surface area contributed by atoms with Gasteiger partial charge in [0.25, 0.3) is 0 Å². The van der Waals surface area contributed by atoms with Gasteiger partial charge in [-0.3, -0.25) is 0 Å². The molecule has 0 atom stereocenters. The number of terminal acetylenes is 1. The van der Waals surface area contributed by atoms with E-state index in [-0.39, 0.29) is 0 Å². The van der Waals surface area contributed by atoms with Gasteiger partial charge in [-0.25, -0.2) is 9.59 Å². The second-order valence-electron chi connectivity index (χ2n) is 7.05. The van der Waals surface area contributed by atoms with Gasteiger partial charge in [0.15, 0.2) is 0 Å². The first-order valence-corrected chi connectivity index (χ1v) is 7.52. The van der Waals surface area contributed by atoms with E-state index in [0.29, 0.717) is 5.69 Å². The van der Waals surface area contributed by atoms with Crippen molar-refractivity contribution in [3.05, 3.63) is 30.3 Å². The molecule has 0 saturated carbocycles. The fourth-order valence-electron chi connectivity index (χ4n) is 1.67. The van der Waals surface area contributed by atoms with E-state index < -0.39 is 23.4 Å². The first kappa shape index (κ1) is 19.4. The van der Waals surface area contributed by atoms with Crippen LogP contribution < -0.4 is 5.01 Å². The van der Waals surface area contributed by atoms with E-state index in [1.165, 1.54) is 0 Å². The van der Waals surface area contributed by atoms with Gasteiger partial charge < -0.3 is 9.47 Å². The van der Waals surface area contributed by atoms with Gasteiger partial charge in [0.05, 0.1) is 5.69 Å². The molecule has 1 aromatic rings. The summed E-state index contributed by atoms with van der Waals surface area (Å²) in [5.41, 5.74) is -1.13. The van der Waals surface area contributed by atoms with Crippen LogP contribution in [0, 0.1) is 12.5 Å². The SMILES string of the molecule is C#CN(C(=O)OC(C)(C)C)N(C(=O)OC(C)(C)C)c1ccccc1. The minimum Gasteiger partial charge on any atom is -0.442 e. The second kappa shape index (κ2) is 7.26. The van der Waals surface area contributed by atoms with E-state index >= 15 is 0 Å². The summed E-state index contributed by atoms with van der Waals surface area (Å²) < 4.78 is 10.6. The lowest BCUT2D eigenvalue weighted by Crippen LogP contribution is -2.50. The molecule has 6 nitrogen and oxygen atoms in total. The van der Waals surface area contributed by atoms with Crippen LogP contribution in [0.5, 0.6) is 0 Å². The molecule has 0 aromatic heterocycles. The summed E-state index contributed by atoms with van der Waals surface area (Å²) in [6.45, 7) is 10.3. The van der Waals surface area contributed by atoms with Gasteiger partial charge in [0.2, 0.25) is 0 Å². The van der Waals surface area contributed by atoms with E-state index in [0.717, 1.165) is 10.0 Å². The Hall–Kier alpha value is -2.68. The maximum Gasteiger partial charge on any atom is 0.442 e. The molecular weight excluding hydrogens is 308 g/mol. The number of para-hydroxylation sites is 1. The topological polar surface area (TPSA) is 59.1 Å². The molecular formula is C18H24N2O4. The molecule has 6 heteroatoms. The zero-order valence-corrected chi connectivity index (χ0v) is 15.0. The van der Waals surface area contributed by atoms with Crippen LogP contribution in [-0.2, 0) is 9.47 Å². The molecule has 0 fully saturated rings. The fraction of sp³-hybridized carbons (Fsp3) is 0.444. The highest BCUT2D eigenvalue weighted by Crippen LogP contribution is 2.21. The molecule has 0 N–H and O–H groups in total. The molecule has 130 valence electrons. The number of carbonyl (C=O) groups excluding carboxylic acids is 2. The average molecular weight is 332 g/mol. The molecule has 24 heavy (non-hydrogen) atoms. The molecule has 0 spiro atoms. The Labute approximate surface area is 143 Å². The molecule has 0 unspecified atom stereocenters. The Bertz CT molecular complexity index is 621. The third-order valence-corrected chi connectivity index (χ3v) is 2.46. The number of benzene rings is 1. The van der Waals surface area contributed by atoms with Crippen molar-refractivity contribution < 1.29 is 19.1 Å². The predicted molar refractivity (Wildman–Crippen MR) is 92.1 cm³/mol. The highest BCUT2D eigenvalue weighted by Gasteiger charge is 2.33. The summed E-state index contributed by atoms with van der Waals surface area (Å²) in [6, 6.07) is 10.7. The molecule has 2 amide bonds. The van der Waals surface area contributed by atoms with Gasteiger partial charge in [0, 0.05) is 6.04 Å². The van der Waals surface area contributed by atoms with Crippen LogP contribution in [-0.4, -0.2) is 28.4 Å². The molecule has 0 saturated heterocycles. The Morgan fingerprint density at radius 3 is 1.79 bits per heavy atom. The lowest BCUT2D eigenvalue weighted by molar-refractivity contribution is 0.0239. The summed E-state index contributed by atoms with van der Waals surface area (Å²) in [5, 5.41) is 1.73. The number of hydrogen-bond donors (Lipinski definition) is 0. The number of carbonyl (C=O) groups is 2. The zero-order chi connectivity index (χ0) is 18.5. The lowest BCUT2D eigenvalue weighted by atomic mass is 10.2. The summed E-state index contributed by atoms with van der Waals surface area (Å²) >= 11 is 0. The summed E-state index contributed by atoms with van der Waals surface area (Å²) in [6.07, 6.45) is 3.83. The van der Waals surface area contributed by atoms with E-state index in [1.54, 1.807) is 71.9 Å². The van der Waals surface area contributed by atoms with Crippen LogP contribution in [0.15, 0.2) is 30.3 Å². The predicted octanol–water partition coefficient (Wildman–Crippen LogP) is 4.17. The summed E-state index contributed by atoms with van der Waals surface area (Å²) in [5.74, 6) is 0. The van der Waals surface area contributed by atoms with Crippen molar-refractivity contribution in [1.82, 2.24) is 5.01 Å². The average Bonchev–Trinajstić information content (AvgIpc) is 2.41. The van der Waals surface area contributed by atoms with Crippen LogP contribution >= 0.6 is 0 Å². The Morgan fingerprint density at radius 2 is 1.38 bits per heavy atom. The van der Waals surface area contributed by atoms with Crippen molar-refractivity contribution in [3.63, 3.8) is 0 Å². The van der Waals surface area contributed by atoms with E-state index in [9.17, 15) is 9.59 Å². The molecule has 1 aromatic carbocycles. The van der Waals surface area contributed by atoms with E-state index in [1.807, 2.05) is 0 Å². The number of hydrazine groups is 1. The van der Waals surface area contributed by atoms with Crippen molar-refractivity contribution in [1.29, 1.82) is 0 Å². The Kier molecular flexibility index (Phi) is 5.86. The monoisotopic (exact) mass is 332 g/mol. The van der Waals surface area contributed by atoms with Gasteiger partial charge in [-0.2, -0.15) is 5.01 Å². The van der Waals surface area contributed by atoms with Crippen LogP contribution in [0.4, 0.5) is 15.3 Å². The number of ether oxygens (including phenoxy) is 2. The minimum absolute atomic E-state index is 0.385. The standard InChI is InChI=1S/C18H24N2O4/c1-8-19(15(21)23-17(2,3)4)20(14-12-10-9-11-13-14)16(22)24-18(5,6)7/h1,9-13H,2-7H3. The largest absolute Gasteiger partial charge is 0.442 e. The Balaban J connectivity index is 3.23. The number of nitrogens with zero attached hydrogens (tertiary/aromatic N) is 2. The molecule has 0 aliphatic carbocycles. The van der Waals surface area contributed by atoms with Crippen molar-refractivity contribution >= 4 is 17.9 Å². The summed E-state index contributed by atoms with van der Waals surface area (Å²) in [4.78, 5) is 25.0. The number of hydrogen-bond acceptors (Lipinski definition) is 4. The van der Waals surface area contributed by atoms with E-state index in [4.69, 9.17) is 15.9 Å². The van der Waals surface area contributed by atoms with Gasteiger partial charge in [-0.05, 0) is 53.7 Å². The van der Waals surface area contributed by atoms with Crippen molar-refractivity contribution in [2.75, 3.05) is 5.01 Å². The molecule has 0 bridgehead atoms. The molecule has 1 rings (SSSR count). The van der Waals surface area contributed by atoms with Gasteiger partial charge in [-0.1, -0.05) is 24.6 Å². The fourth-order valence-corrected chi connectivity index (χ4v) is 1.67. The van der Waals surface area contributed by atoms with Crippen LogP contribution in [0.1, 0.15) is 41.5 Å². The third-order valence-electron chi connectivity index (χ3n) is 2.46.